The zero-order valence-corrected chi connectivity index (χ0v) is 9.67. The summed E-state index contributed by atoms with van der Waals surface area (Å²) in [6.45, 7) is 7.44. The van der Waals surface area contributed by atoms with Crippen LogP contribution in [0.5, 0.6) is 0 Å². The number of pyridine rings is 1. The van der Waals surface area contributed by atoms with E-state index in [9.17, 15) is 0 Å². The zero-order chi connectivity index (χ0) is 10.6. The molecular formula is C11H17ClN2. The lowest BCUT2D eigenvalue weighted by molar-refractivity contribution is 0.495. The molecule has 0 spiro atoms. The largest absolute Gasteiger partial charge is 0.314 e. The molecule has 0 bridgehead atoms. The van der Waals surface area contributed by atoms with Crippen molar-refractivity contribution in [1.29, 1.82) is 0 Å². The summed E-state index contributed by atoms with van der Waals surface area (Å²) in [7, 11) is 0. The quantitative estimate of drug-likeness (QED) is 0.831. The van der Waals surface area contributed by atoms with E-state index in [1.54, 1.807) is 12.4 Å². The highest BCUT2D eigenvalue weighted by Gasteiger charge is 2.15. The van der Waals surface area contributed by atoms with Gasteiger partial charge in [0, 0.05) is 18.4 Å². The van der Waals surface area contributed by atoms with Gasteiger partial charge in [-0.1, -0.05) is 25.4 Å². The first-order valence-electron chi connectivity index (χ1n) is 4.99. The molecule has 0 aliphatic carbocycles. The van der Waals surface area contributed by atoms with Gasteiger partial charge in [0.25, 0.3) is 0 Å². The predicted octanol–water partition coefficient (Wildman–Crippen LogP) is 2.84. The minimum Gasteiger partial charge on any atom is -0.314 e. The SMILES string of the molecule is CCNC(C)C(C)c1ccncc1Cl. The molecule has 0 saturated heterocycles. The van der Waals surface area contributed by atoms with Gasteiger partial charge in [0.15, 0.2) is 0 Å². The van der Waals surface area contributed by atoms with Crippen molar-refractivity contribution in [2.45, 2.75) is 32.7 Å². The predicted molar refractivity (Wildman–Crippen MR) is 60.8 cm³/mol. The smallest absolute Gasteiger partial charge is 0.0624 e. The third-order valence-corrected chi connectivity index (χ3v) is 2.89. The molecule has 0 aliphatic rings. The van der Waals surface area contributed by atoms with E-state index in [0.717, 1.165) is 17.1 Å². The van der Waals surface area contributed by atoms with Crippen LogP contribution >= 0.6 is 11.6 Å². The van der Waals surface area contributed by atoms with Crippen LogP contribution in [0.1, 0.15) is 32.3 Å². The molecule has 2 unspecified atom stereocenters. The Morgan fingerprint density at radius 2 is 2.21 bits per heavy atom. The first-order chi connectivity index (χ1) is 6.66. The molecule has 2 atom stereocenters. The van der Waals surface area contributed by atoms with Gasteiger partial charge in [-0.05, 0) is 31.0 Å². The van der Waals surface area contributed by atoms with E-state index in [4.69, 9.17) is 11.6 Å². The van der Waals surface area contributed by atoms with Crippen molar-refractivity contribution >= 4 is 11.6 Å². The summed E-state index contributed by atoms with van der Waals surface area (Å²) in [5.41, 5.74) is 1.16. The van der Waals surface area contributed by atoms with Crippen molar-refractivity contribution < 1.29 is 0 Å². The van der Waals surface area contributed by atoms with Crippen LogP contribution in [0.4, 0.5) is 0 Å². The second-order valence-corrected chi connectivity index (χ2v) is 3.94. The molecule has 0 fully saturated rings. The summed E-state index contributed by atoms with van der Waals surface area (Å²) in [5.74, 6) is 0.408. The van der Waals surface area contributed by atoms with Gasteiger partial charge < -0.3 is 5.32 Å². The molecule has 2 nitrogen and oxygen atoms in total. The molecule has 14 heavy (non-hydrogen) atoms. The maximum absolute atomic E-state index is 6.07. The van der Waals surface area contributed by atoms with Crippen molar-refractivity contribution in [2.24, 2.45) is 0 Å². The Hall–Kier alpha value is -0.600. The average Bonchev–Trinajstić information content (AvgIpc) is 2.18. The van der Waals surface area contributed by atoms with E-state index < -0.39 is 0 Å². The zero-order valence-electron chi connectivity index (χ0n) is 8.92. The lowest BCUT2D eigenvalue weighted by Gasteiger charge is -2.21. The van der Waals surface area contributed by atoms with Crippen molar-refractivity contribution in [3.63, 3.8) is 0 Å². The van der Waals surface area contributed by atoms with Crippen molar-refractivity contribution in [2.75, 3.05) is 6.54 Å². The van der Waals surface area contributed by atoms with E-state index in [1.165, 1.54) is 0 Å². The van der Waals surface area contributed by atoms with Crippen LogP contribution in [-0.4, -0.2) is 17.6 Å². The van der Waals surface area contributed by atoms with E-state index in [1.807, 2.05) is 6.07 Å². The number of hydrogen-bond donors (Lipinski definition) is 1. The molecule has 0 amide bonds. The maximum atomic E-state index is 6.07. The van der Waals surface area contributed by atoms with E-state index in [0.29, 0.717) is 12.0 Å². The standard InChI is InChI=1S/C11H17ClN2/c1-4-14-9(3)8(2)10-5-6-13-7-11(10)12/h5-9,14H,4H2,1-3H3. The first kappa shape index (κ1) is 11.5. The minimum absolute atomic E-state index is 0.408. The third-order valence-electron chi connectivity index (χ3n) is 2.57. The highest BCUT2D eigenvalue weighted by Crippen LogP contribution is 2.25. The van der Waals surface area contributed by atoms with Gasteiger partial charge in [-0.3, -0.25) is 4.98 Å². The molecule has 1 heterocycles. The van der Waals surface area contributed by atoms with E-state index >= 15 is 0 Å². The van der Waals surface area contributed by atoms with Gasteiger partial charge >= 0.3 is 0 Å². The molecule has 1 aromatic rings. The molecule has 0 radical (unpaired) electrons. The number of nitrogens with zero attached hydrogens (tertiary/aromatic N) is 1. The fourth-order valence-electron chi connectivity index (χ4n) is 1.52. The summed E-state index contributed by atoms with van der Waals surface area (Å²) < 4.78 is 0. The number of nitrogens with one attached hydrogen (secondary N) is 1. The number of likely N-dealkylation sites (N-methyl/N-ethyl adjacent to an activating group) is 1. The van der Waals surface area contributed by atoms with E-state index in [-0.39, 0.29) is 0 Å². The first-order valence-corrected chi connectivity index (χ1v) is 5.37. The molecular weight excluding hydrogens is 196 g/mol. The summed E-state index contributed by atoms with van der Waals surface area (Å²) in [6.07, 6.45) is 3.49. The van der Waals surface area contributed by atoms with E-state index in [2.05, 4.69) is 31.1 Å². The second kappa shape index (κ2) is 5.32. The van der Waals surface area contributed by atoms with Gasteiger partial charge in [0.1, 0.15) is 0 Å². The van der Waals surface area contributed by atoms with Crippen LogP contribution in [0.15, 0.2) is 18.5 Å². The summed E-state index contributed by atoms with van der Waals surface area (Å²) >= 11 is 6.07. The summed E-state index contributed by atoms with van der Waals surface area (Å²) in [6, 6.07) is 2.42. The Bertz CT molecular complexity index is 288. The normalized spacial score (nSPS) is 15.1. The molecule has 1 N–H and O–H groups in total. The van der Waals surface area contributed by atoms with Crippen molar-refractivity contribution in [3.8, 4) is 0 Å². The van der Waals surface area contributed by atoms with Gasteiger partial charge in [-0.25, -0.2) is 0 Å². The van der Waals surface area contributed by atoms with Gasteiger partial charge in [-0.2, -0.15) is 0 Å². The maximum Gasteiger partial charge on any atom is 0.0624 e. The van der Waals surface area contributed by atoms with Crippen LogP contribution in [-0.2, 0) is 0 Å². The molecule has 78 valence electrons. The molecule has 1 aromatic heterocycles. The lowest BCUT2D eigenvalue weighted by Crippen LogP contribution is -2.30. The number of halogens is 1. The minimum atomic E-state index is 0.408. The topological polar surface area (TPSA) is 24.9 Å². The highest BCUT2D eigenvalue weighted by atomic mass is 35.5. The van der Waals surface area contributed by atoms with Crippen molar-refractivity contribution in [1.82, 2.24) is 10.3 Å². The summed E-state index contributed by atoms with van der Waals surface area (Å²) in [4.78, 5) is 3.98. The van der Waals surface area contributed by atoms with Crippen LogP contribution in [0.3, 0.4) is 0 Å². The second-order valence-electron chi connectivity index (χ2n) is 3.53. The number of rotatable bonds is 4. The Morgan fingerprint density at radius 3 is 2.79 bits per heavy atom. The number of hydrogen-bond acceptors (Lipinski definition) is 2. The van der Waals surface area contributed by atoms with Gasteiger partial charge in [0.05, 0.1) is 5.02 Å². The molecule has 0 aromatic carbocycles. The Kier molecular flexibility index (Phi) is 4.36. The fourth-order valence-corrected chi connectivity index (χ4v) is 1.81. The molecule has 1 rings (SSSR count). The Balaban J connectivity index is 2.78. The highest BCUT2D eigenvalue weighted by molar-refractivity contribution is 6.31. The van der Waals surface area contributed by atoms with Crippen LogP contribution in [0, 0.1) is 0 Å². The fraction of sp³-hybridized carbons (Fsp3) is 0.545. The third kappa shape index (κ3) is 2.69. The monoisotopic (exact) mass is 212 g/mol. The Labute approximate surface area is 90.7 Å². The van der Waals surface area contributed by atoms with Gasteiger partial charge in [-0.15, -0.1) is 0 Å². The van der Waals surface area contributed by atoms with Crippen LogP contribution in [0.25, 0.3) is 0 Å². The van der Waals surface area contributed by atoms with Crippen molar-refractivity contribution in [3.05, 3.63) is 29.0 Å². The lowest BCUT2D eigenvalue weighted by atomic mass is 9.95. The summed E-state index contributed by atoms with van der Waals surface area (Å²) in [5, 5.41) is 4.15. The van der Waals surface area contributed by atoms with Gasteiger partial charge in [0.2, 0.25) is 0 Å². The van der Waals surface area contributed by atoms with Crippen LogP contribution < -0.4 is 5.32 Å². The molecule has 3 heteroatoms. The Morgan fingerprint density at radius 1 is 1.50 bits per heavy atom. The molecule has 0 aliphatic heterocycles. The number of aromatic nitrogens is 1. The molecule has 0 saturated carbocycles. The van der Waals surface area contributed by atoms with Crippen LogP contribution in [0.2, 0.25) is 5.02 Å². The average molecular weight is 213 g/mol.